The van der Waals surface area contributed by atoms with E-state index in [2.05, 4.69) is 219 Å². The summed E-state index contributed by atoms with van der Waals surface area (Å²) in [6.45, 7) is 8.72. The fourth-order valence-electron chi connectivity index (χ4n) is 9.24. The molecule has 264 valence electrons. The van der Waals surface area contributed by atoms with Gasteiger partial charge in [-0.25, -0.2) is 0 Å². The van der Waals surface area contributed by atoms with Gasteiger partial charge in [-0.2, -0.15) is 0 Å². The molecule has 1 aliphatic rings. The first-order valence-electron chi connectivity index (χ1n) is 19.3. The molecule has 0 bridgehead atoms. The van der Waals surface area contributed by atoms with E-state index in [1.807, 2.05) is 0 Å². The molecule has 0 amide bonds. The molecule has 0 radical (unpaired) electrons. The lowest BCUT2D eigenvalue weighted by Crippen LogP contribution is -2.29. The molecule has 0 N–H and O–H groups in total. The Morgan fingerprint density at radius 3 is 1.38 bits per heavy atom. The van der Waals surface area contributed by atoms with Crippen LogP contribution in [0.5, 0.6) is 0 Å². The summed E-state index contributed by atoms with van der Waals surface area (Å²) >= 11 is 0. The summed E-state index contributed by atoms with van der Waals surface area (Å²) in [6, 6.07) is 68.0. The van der Waals surface area contributed by atoms with Crippen molar-refractivity contribution in [3.63, 3.8) is 0 Å². The van der Waals surface area contributed by atoms with Crippen LogP contribution in [-0.4, -0.2) is 4.57 Å². The molecule has 0 saturated carbocycles. The minimum atomic E-state index is -0.575. The lowest BCUT2D eigenvalue weighted by molar-refractivity contribution is 0.767. The maximum Gasteiger partial charge on any atom is 0.0715 e. The molecule has 2 nitrogen and oxygen atoms in total. The molecule has 0 fully saturated rings. The first-order valence-corrected chi connectivity index (χ1v) is 19.3. The summed E-state index contributed by atoms with van der Waals surface area (Å²) in [5.74, 6) is 0. The summed E-state index contributed by atoms with van der Waals surface area (Å²) in [5, 5.41) is 2.55. The van der Waals surface area contributed by atoms with Crippen LogP contribution < -0.4 is 4.90 Å². The normalized spacial score (nSPS) is 12.9. The molecule has 0 atom stereocenters. The SMILES string of the molecule is Cc1cccc(N(c2cccc(C)c2)c2ccc3c(c2)C(c2ccccc2)(c2ccccc2)c2cc(-n4c5cc(C)ccc5c5ccc(C)cc54)ccc2-3)c1. The molecule has 0 unspecified atom stereocenters. The van der Waals surface area contributed by atoms with Gasteiger partial charge in [0.2, 0.25) is 0 Å². The molecule has 8 aromatic carbocycles. The van der Waals surface area contributed by atoms with E-state index in [0.717, 1.165) is 17.1 Å². The number of anilines is 3. The second-order valence-corrected chi connectivity index (χ2v) is 15.3. The Balaban J connectivity index is 1.29. The topological polar surface area (TPSA) is 8.17 Å². The number of aromatic nitrogens is 1. The molecule has 0 spiro atoms. The molecule has 1 heterocycles. The first kappa shape index (κ1) is 33.0. The van der Waals surface area contributed by atoms with Crippen molar-refractivity contribution in [2.75, 3.05) is 4.90 Å². The zero-order valence-electron chi connectivity index (χ0n) is 31.7. The molecule has 2 heteroatoms. The van der Waals surface area contributed by atoms with Crippen LogP contribution in [0.25, 0.3) is 38.6 Å². The van der Waals surface area contributed by atoms with Crippen molar-refractivity contribution in [1.29, 1.82) is 0 Å². The summed E-state index contributed by atoms with van der Waals surface area (Å²) in [7, 11) is 0. The van der Waals surface area contributed by atoms with E-state index in [1.165, 1.54) is 83.1 Å². The molecule has 1 aromatic heterocycles. The first-order chi connectivity index (χ1) is 26.9. The van der Waals surface area contributed by atoms with Crippen LogP contribution >= 0.6 is 0 Å². The van der Waals surface area contributed by atoms with Gasteiger partial charge in [0.05, 0.1) is 16.4 Å². The lowest BCUT2D eigenvalue weighted by Gasteiger charge is -2.35. The van der Waals surface area contributed by atoms with Gasteiger partial charge in [0.15, 0.2) is 0 Å². The Morgan fingerprint density at radius 2 is 0.855 bits per heavy atom. The van der Waals surface area contributed by atoms with E-state index in [-0.39, 0.29) is 0 Å². The number of rotatable bonds is 6. The third-order valence-electron chi connectivity index (χ3n) is 11.6. The third kappa shape index (κ3) is 5.16. The highest BCUT2D eigenvalue weighted by atomic mass is 15.1. The van der Waals surface area contributed by atoms with E-state index in [4.69, 9.17) is 0 Å². The molecular formula is C53H42N2. The van der Waals surface area contributed by atoms with Crippen LogP contribution in [0, 0.1) is 27.7 Å². The van der Waals surface area contributed by atoms with Crippen molar-refractivity contribution in [3.8, 4) is 16.8 Å². The predicted octanol–water partition coefficient (Wildman–Crippen LogP) is 13.9. The van der Waals surface area contributed by atoms with Gasteiger partial charge in [-0.05, 0) is 144 Å². The van der Waals surface area contributed by atoms with Gasteiger partial charge in [-0.1, -0.05) is 121 Å². The predicted molar refractivity (Wildman–Crippen MR) is 232 cm³/mol. The van der Waals surface area contributed by atoms with Crippen molar-refractivity contribution in [1.82, 2.24) is 4.57 Å². The van der Waals surface area contributed by atoms with Gasteiger partial charge in [0.1, 0.15) is 0 Å². The van der Waals surface area contributed by atoms with Gasteiger partial charge in [0, 0.05) is 33.5 Å². The van der Waals surface area contributed by atoms with Crippen molar-refractivity contribution < 1.29 is 0 Å². The Hall–Kier alpha value is -6.64. The van der Waals surface area contributed by atoms with E-state index < -0.39 is 5.41 Å². The molecule has 0 saturated heterocycles. The molecule has 10 rings (SSSR count). The average molecular weight is 707 g/mol. The van der Waals surface area contributed by atoms with Crippen molar-refractivity contribution >= 4 is 38.9 Å². The summed E-state index contributed by atoms with van der Waals surface area (Å²) in [5.41, 5.74) is 19.1. The number of hydrogen-bond donors (Lipinski definition) is 0. The standard InChI is InChI=1S/C53H42N2/c1-35-13-11-19-41(29-35)54(42-20-12-14-36(2)30-42)43-23-27-45-46-28-24-44(55-51-31-37(3)21-25-47(51)48-26-22-38(4)32-52(48)55)34-50(46)53(49(45)33-43,39-15-7-5-8-16-39)40-17-9-6-10-18-40/h5-34H,1-4H3. The van der Waals surface area contributed by atoms with Gasteiger partial charge < -0.3 is 9.47 Å². The van der Waals surface area contributed by atoms with Gasteiger partial charge in [0.25, 0.3) is 0 Å². The number of hydrogen-bond acceptors (Lipinski definition) is 1. The van der Waals surface area contributed by atoms with Gasteiger partial charge in [-0.15, -0.1) is 0 Å². The van der Waals surface area contributed by atoms with E-state index in [0.29, 0.717) is 0 Å². The van der Waals surface area contributed by atoms with Crippen LogP contribution in [0.15, 0.2) is 182 Å². The quantitative estimate of drug-likeness (QED) is 0.167. The Bertz CT molecular complexity index is 2770. The van der Waals surface area contributed by atoms with E-state index in [1.54, 1.807) is 0 Å². The highest BCUT2D eigenvalue weighted by Crippen LogP contribution is 2.58. The highest BCUT2D eigenvalue weighted by molar-refractivity contribution is 6.09. The Morgan fingerprint density at radius 1 is 0.382 bits per heavy atom. The van der Waals surface area contributed by atoms with Gasteiger partial charge in [-0.3, -0.25) is 0 Å². The van der Waals surface area contributed by atoms with Crippen molar-refractivity contribution in [2.45, 2.75) is 33.1 Å². The Kier molecular flexibility index (Phi) is 7.64. The number of nitrogens with zero attached hydrogens (tertiary/aromatic N) is 2. The Labute approximate surface area is 323 Å². The lowest BCUT2D eigenvalue weighted by atomic mass is 9.67. The summed E-state index contributed by atoms with van der Waals surface area (Å²) in [4.78, 5) is 2.41. The van der Waals surface area contributed by atoms with Crippen LogP contribution in [-0.2, 0) is 5.41 Å². The fourth-order valence-corrected chi connectivity index (χ4v) is 9.24. The maximum absolute atomic E-state index is 2.48. The zero-order chi connectivity index (χ0) is 37.3. The molecule has 1 aliphatic carbocycles. The average Bonchev–Trinajstić information content (AvgIpc) is 3.67. The van der Waals surface area contributed by atoms with Crippen molar-refractivity contribution in [3.05, 3.63) is 226 Å². The molecule has 9 aromatic rings. The number of fused-ring (bicyclic) bond motifs is 6. The zero-order valence-corrected chi connectivity index (χ0v) is 31.7. The minimum Gasteiger partial charge on any atom is -0.310 e. The highest BCUT2D eigenvalue weighted by Gasteiger charge is 2.46. The number of benzene rings is 8. The van der Waals surface area contributed by atoms with Crippen LogP contribution in [0.2, 0.25) is 0 Å². The second-order valence-electron chi connectivity index (χ2n) is 15.3. The minimum absolute atomic E-state index is 0.575. The molecular weight excluding hydrogens is 665 g/mol. The van der Waals surface area contributed by atoms with E-state index >= 15 is 0 Å². The smallest absolute Gasteiger partial charge is 0.0715 e. The number of aryl methyl sites for hydroxylation is 4. The molecule has 0 aliphatic heterocycles. The van der Waals surface area contributed by atoms with Crippen molar-refractivity contribution in [2.24, 2.45) is 0 Å². The largest absolute Gasteiger partial charge is 0.310 e. The van der Waals surface area contributed by atoms with Crippen LogP contribution in [0.3, 0.4) is 0 Å². The van der Waals surface area contributed by atoms with Crippen LogP contribution in [0.4, 0.5) is 17.1 Å². The fraction of sp³-hybridized carbons (Fsp3) is 0.0943. The summed E-state index contributed by atoms with van der Waals surface area (Å²) in [6.07, 6.45) is 0. The second kappa shape index (κ2) is 12.7. The third-order valence-corrected chi connectivity index (χ3v) is 11.6. The summed E-state index contributed by atoms with van der Waals surface area (Å²) < 4.78 is 2.48. The monoisotopic (exact) mass is 706 g/mol. The maximum atomic E-state index is 2.48. The van der Waals surface area contributed by atoms with E-state index in [9.17, 15) is 0 Å². The molecule has 55 heavy (non-hydrogen) atoms. The van der Waals surface area contributed by atoms with Gasteiger partial charge >= 0.3 is 0 Å². The van der Waals surface area contributed by atoms with Crippen LogP contribution in [0.1, 0.15) is 44.5 Å².